The zero-order chi connectivity index (χ0) is 13.8. The van der Waals surface area contributed by atoms with Crippen LogP contribution >= 0.6 is 11.6 Å². The molecule has 0 saturated carbocycles. The van der Waals surface area contributed by atoms with Crippen molar-refractivity contribution in [3.8, 4) is 0 Å². The molecular weight excluding hydrogens is 268 g/mol. The Kier molecular flexibility index (Phi) is 4.51. The third kappa shape index (κ3) is 3.75. The van der Waals surface area contributed by atoms with Gasteiger partial charge in [0.2, 0.25) is 0 Å². The molecule has 19 heavy (non-hydrogen) atoms. The van der Waals surface area contributed by atoms with E-state index in [-0.39, 0.29) is 6.54 Å². The van der Waals surface area contributed by atoms with Crippen molar-refractivity contribution >= 4 is 11.6 Å². The number of nitrogens with one attached hydrogen (secondary N) is 1. The van der Waals surface area contributed by atoms with Crippen molar-refractivity contribution in [2.75, 3.05) is 0 Å². The van der Waals surface area contributed by atoms with Crippen LogP contribution in [0.4, 0.5) is 8.78 Å². The second-order valence-electron chi connectivity index (χ2n) is 4.43. The smallest absolute Gasteiger partial charge is 0.127 e. The number of benzene rings is 2. The molecule has 0 unspecified atom stereocenters. The minimum absolute atomic E-state index is 0.258. The molecule has 1 nitrogen and oxygen atoms in total. The van der Waals surface area contributed by atoms with Crippen LogP contribution in [0.1, 0.15) is 16.7 Å². The van der Waals surface area contributed by atoms with Crippen LogP contribution in [-0.4, -0.2) is 0 Å². The standard InChI is InChI=1S/C15H14ClF2N/c1-10-2-3-11(14(16)6-10)8-19-9-12-7-13(17)4-5-15(12)18/h2-7,19H,8-9H2,1H3. The van der Waals surface area contributed by atoms with Crippen LogP contribution in [0.25, 0.3) is 0 Å². The molecule has 2 aromatic rings. The van der Waals surface area contributed by atoms with Crippen LogP contribution in [0.5, 0.6) is 0 Å². The van der Waals surface area contributed by atoms with E-state index in [2.05, 4.69) is 5.32 Å². The molecule has 0 saturated heterocycles. The number of hydrogen-bond donors (Lipinski definition) is 1. The second kappa shape index (κ2) is 6.13. The van der Waals surface area contributed by atoms with Crippen LogP contribution in [0.3, 0.4) is 0 Å². The summed E-state index contributed by atoms with van der Waals surface area (Å²) in [7, 11) is 0. The van der Waals surface area contributed by atoms with Gasteiger partial charge in [0.05, 0.1) is 0 Å². The highest BCUT2D eigenvalue weighted by Gasteiger charge is 2.04. The van der Waals surface area contributed by atoms with E-state index < -0.39 is 11.6 Å². The Morgan fingerprint density at radius 1 is 1.00 bits per heavy atom. The monoisotopic (exact) mass is 281 g/mol. The van der Waals surface area contributed by atoms with Crippen LogP contribution in [-0.2, 0) is 13.1 Å². The molecule has 0 amide bonds. The summed E-state index contributed by atoms with van der Waals surface area (Å²) in [6.07, 6.45) is 0. The van der Waals surface area contributed by atoms with Gasteiger partial charge in [0.25, 0.3) is 0 Å². The molecule has 0 spiro atoms. The molecular formula is C15H14ClF2N. The molecule has 4 heteroatoms. The lowest BCUT2D eigenvalue weighted by Gasteiger charge is -2.08. The van der Waals surface area contributed by atoms with E-state index in [1.165, 1.54) is 6.07 Å². The number of aryl methyl sites for hydroxylation is 1. The third-order valence-corrected chi connectivity index (χ3v) is 3.20. The minimum atomic E-state index is -0.438. The van der Waals surface area contributed by atoms with Gasteiger partial charge in [-0.1, -0.05) is 23.7 Å². The Hall–Kier alpha value is -1.45. The van der Waals surface area contributed by atoms with Crippen molar-refractivity contribution in [1.82, 2.24) is 5.32 Å². The van der Waals surface area contributed by atoms with Crippen molar-refractivity contribution in [3.63, 3.8) is 0 Å². The molecule has 100 valence electrons. The van der Waals surface area contributed by atoms with Gasteiger partial charge >= 0.3 is 0 Å². The van der Waals surface area contributed by atoms with Crippen LogP contribution in [0.15, 0.2) is 36.4 Å². The first kappa shape index (κ1) is 14.0. The predicted octanol–water partition coefficient (Wildman–Crippen LogP) is 4.22. The first-order chi connectivity index (χ1) is 9.06. The summed E-state index contributed by atoms with van der Waals surface area (Å²) < 4.78 is 26.4. The van der Waals surface area contributed by atoms with Crippen molar-refractivity contribution < 1.29 is 8.78 Å². The molecule has 2 rings (SSSR count). The minimum Gasteiger partial charge on any atom is -0.308 e. The van der Waals surface area contributed by atoms with Gasteiger partial charge in [-0.05, 0) is 42.3 Å². The normalized spacial score (nSPS) is 10.7. The largest absolute Gasteiger partial charge is 0.308 e. The maximum Gasteiger partial charge on any atom is 0.127 e. The third-order valence-electron chi connectivity index (χ3n) is 2.85. The molecule has 0 aromatic heterocycles. The summed E-state index contributed by atoms with van der Waals surface area (Å²) >= 11 is 6.09. The fourth-order valence-electron chi connectivity index (χ4n) is 1.81. The summed E-state index contributed by atoms with van der Waals surface area (Å²) in [5.41, 5.74) is 2.33. The molecule has 0 aliphatic carbocycles. The van der Waals surface area contributed by atoms with Gasteiger partial charge in [-0.15, -0.1) is 0 Å². The van der Waals surface area contributed by atoms with E-state index in [4.69, 9.17) is 11.6 Å². The molecule has 0 atom stereocenters. The highest BCUT2D eigenvalue weighted by Crippen LogP contribution is 2.17. The van der Waals surface area contributed by atoms with Crippen molar-refractivity contribution in [1.29, 1.82) is 0 Å². The average Bonchev–Trinajstić information content (AvgIpc) is 2.36. The average molecular weight is 282 g/mol. The Labute approximate surface area is 116 Å². The highest BCUT2D eigenvalue weighted by atomic mass is 35.5. The molecule has 0 heterocycles. The van der Waals surface area contributed by atoms with Gasteiger partial charge in [-0.25, -0.2) is 8.78 Å². The van der Waals surface area contributed by atoms with E-state index in [9.17, 15) is 8.78 Å². The van der Waals surface area contributed by atoms with Crippen LogP contribution < -0.4 is 5.32 Å². The predicted molar refractivity (Wildman–Crippen MR) is 73.1 cm³/mol. The summed E-state index contributed by atoms with van der Waals surface area (Å²) in [4.78, 5) is 0. The van der Waals surface area contributed by atoms with Crippen LogP contribution in [0.2, 0.25) is 5.02 Å². The maximum atomic E-state index is 13.4. The van der Waals surface area contributed by atoms with E-state index in [0.717, 1.165) is 23.3 Å². The first-order valence-corrected chi connectivity index (χ1v) is 6.34. The number of hydrogen-bond acceptors (Lipinski definition) is 1. The number of halogens is 3. The maximum absolute atomic E-state index is 13.4. The SMILES string of the molecule is Cc1ccc(CNCc2cc(F)ccc2F)c(Cl)c1. The molecule has 0 bridgehead atoms. The Morgan fingerprint density at radius 3 is 2.47 bits per heavy atom. The molecule has 0 radical (unpaired) electrons. The summed E-state index contributed by atoms with van der Waals surface area (Å²) in [6, 6.07) is 9.19. The summed E-state index contributed by atoms with van der Waals surface area (Å²) in [5, 5.41) is 3.73. The van der Waals surface area contributed by atoms with Gasteiger partial charge < -0.3 is 5.32 Å². The van der Waals surface area contributed by atoms with Crippen LogP contribution in [0, 0.1) is 18.6 Å². The lowest BCUT2D eigenvalue weighted by Crippen LogP contribution is -2.14. The van der Waals surface area contributed by atoms with Gasteiger partial charge in [0.15, 0.2) is 0 Å². The van der Waals surface area contributed by atoms with E-state index >= 15 is 0 Å². The zero-order valence-electron chi connectivity index (χ0n) is 10.5. The molecule has 2 aromatic carbocycles. The topological polar surface area (TPSA) is 12.0 Å². The van der Waals surface area contributed by atoms with E-state index in [1.807, 2.05) is 25.1 Å². The van der Waals surface area contributed by atoms with Gasteiger partial charge in [-0.2, -0.15) is 0 Å². The lowest BCUT2D eigenvalue weighted by atomic mass is 10.1. The first-order valence-electron chi connectivity index (χ1n) is 5.96. The van der Waals surface area contributed by atoms with Gasteiger partial charge in [0, 0.05) is 23.7 Å². The number of rotatable bonds is 4. The Balaban J connectivity index is 1.98. The van der Waals surface area contributed by atoms with Gasteiger partial charge in [0.1, 0.15) is 11.6 Å². The quantitative estimate of drug-likeness (QED) is 0.885. The zero-order valence-corrected chi connectivity index (χ0v) is 11.3. The van der Waals surface area contributed by atoms with E-state index in [0.29, 0.717) is 17.1 Å². The van der Waals surface area contributed by atoms with Crippen molar-refractivity contribution in [3.05, 3.63) is 69.7 Å². The molecule has 0 aliphatic rings. The summed E-state index contributed by atoms with van der Waals surface area (Å²) in [6.45, 7) is 2.73. The van der Waals surface area contributed by atoms with Crippen molar-refractivity contribution in [2.45, 2.75) is 20.0 Å². The van der Waals surface area contributed by atoms with Gasteiger partial charge in [-0.3, -0.25) is 0 Å². The lowest BCUT2D eigenvalue weighted by molar-refractivity contribution is 0.568. The van der Waals surface area contributed by atoms with Crippen molar-refractivity contribution in [2.24, 2.45) is 0 Å². The highest BCUT2D eigenvalue weighted by molar-refractivity contribution is 6.31. The fraction of sp³-hybridized carbons (Fsp3) is 0.200. The molecule has 1 N–H and O–H groups in total. The Bertz CT molecular complexity index is 584. The van der Waals surface area contributed by atoms with E-state index in [1.54, 1.807) is 0 Å². The second-order valence-corrected chi connectivity index (χ2v) is 4.84. The molecule has 0 fully saturated rings. The fourth-order valence-corrected chi connectivity index (χ4v) is 2.11. The molecule has 0 aliphatic heterocycles. The summed E-state index contributed by atoms with van der Waals surface area (Å²) in [5.74, 6) is -0.851. The Morgan fingerprint density at radius 2 is 1.74 bits per heavy atom.